The highest BCUT2D eigenvalue weighted by atomic mass is 32.2. The molecule has 0 saturated carbocycles. The fourth-order valence-electron chi connectivity index (χ4n) is 1.67. The van der Waals surface area contributed by atoms with Crippen molar-refractivity contribution < 1.29 is 9.90 Å². The number of benzene rings is 1. The Balaban J connectivity index is 2.55. The van der Waals surface area contributed by atoms with E-state index in [-0.39, 0.29) is 16.5 Å². The fraction of sp³-hybridized carbons (Fsp3) is 0.143. The average Bonchev–Trinajstić information content (AvgIpc) is 2.47. The molecule has 0 amide bonds. The third-order valence-electron chi connectivity index (χ3n) is 2.69. The Morgan fingerprint density at radius 1 is 1.38 bits per heavy atom. The second-order valence-corrected chi connectivity index (χ2v) is 5.52. The van der Waals surface area contributed by atoms with Gasteiger partial charge in [0.2, 0.25) is 5.95 Å². The summed E-state index contributed by atoms with van der Waals surface area (Å²) >= 11 is 0.973. The highest BCUT2D eigenvalue weighted by Crippen LogP contribution is 2.31. The topological polar surface area (TPSA) is 113 Å². The van der Waals surface area contributed by atoms with Crippen LogP contribution in [0.15, 0.2) is 35.4 Å². The van der Waals surface area contributed by atoms with Gasteiger partial charge in [-0.05, 0) is 6.92 Å². The van der Waals surface area contributed by atoms with Crippen LogP contribution in [0.25, 0.3) is 11.3 Å². The molecule has 0 aliphatic heterocycles. The van der Waals surface area contributed by atoms with Gasteiger partial charge in [-0.3, -0.25) is 4.79 Å². The number of rotatable bonds is 4. The van der Waals surface area contributed by atoms with Gasteiger partial charge < -0.3 is 10.8 Å². The standard InChI is InChI=1S/C14H12N4O2S/c1-8(13(19)20)21-12-10(7-15)11(17-14(16)18-12)9-5-3-2-4-6-9/h2-6,8H,1H3,(H,19,20)(H2,16,17,18). The highest BCUT2D eigenvalue weighted by molar-refractivity contribution is 8.00. The van der Waals surface area contributed by atoms with Gasteiger partial charge in [-0.2, -0.15) is 5.26 Å². The Morgan fingerprint density at radius 2 is 2.05 bits per heavy atom. The lowest BCUT2D eigenvalue weighted by Crippen LogP contribution is -2.13. The summed E-state index contributed by atoms with van der Waals surface area (Å²) in [5.74, 6) is -0.977. The molecule has 1 aromatic carbocycles. The number of carboxylic acids is 1. The van der Waals surface area contributed by atoms with Gasteiger partial charge in [-0.25, -0.2) is 9.97 Å². The molecule has 0 saturated heterocycles. The fourth-order valence-corrected chi connectivity index (χ4v) is 2.51. The van der Waals surface area contributed by atoms with Crippen LogP contribution in [-0.2, 0) is 4.79 Å². The van der Waals surface area contributed by atoms with E-state index in [0.29, 0.717) is 5.69 Å². The molecule has 2 rings (SSSR count). The molecule has 0 spiro atoms. The third kappa shape index (κ3) is 3.30. The Bertz CT molecular complexity index is 713. The zero-order valence-electron chi connectivity index (χ0n) is 11.1. The van der Waals surface area contributed by atoms with E-state index in [4.69, 9.17) is 10.8 Å². The van der Waals surface area contributed by atoms with Gasteiger partial charge in [0.15, 0.2) is 0 Å². The molecule has 2 aromatic rings. The van der Waals surface area contributed by atoms with Crippen molar-refractivity contribution in [2.75, 3.05) is 5.73 Å². The van der Waals surface area contributed by atoms with Crippen molar-refractivity contribution in [2.45, 2.75) is 17.2 Å². The molecule has 0 aliphatic rings. The number of nitrogens with zero attached hydrogens (tertiary/aromatic N) is 3. The summed E-state index contributed by atoms with van der Waals surface area (Å²) in [5, 5.41) is 17.9. The van der Waals surface area contributed by atoms with Crippen molar-refractivity contribution in [3.8, 4) is 17.3 Å². The lowest BCUT2D eigenvalue weighted by atomic mass is 10.1. The normalized spacial score (nSPS) is 11.6. The molecule has 1 unspecified atom stereocenters. The molecule has 0 fully saturated rings. The number of hydrogen-bond acceptors (Lipinski definition) is 6. The number of anilines is 1. The molecule has 7 heteroatoms. The molecule has 1 aromatic heterocycles. The first kappa shape index (κ1) is 14.8. The molecule has 1 atom stereocenters. The molecule has 0 aliphatic carbocycles. The van der Waals surface area contributed by atoms with Crippen LogP contribution in [0.1, 0.15) is 12.5 Å². The van der Waals surface area contributed by atoms with Gasteiger partial charge in [0, 0.05) is 5.56 Å². The van der Waals surface area contributed by atoms with E-state index in [1.165, 1.54) is 6.92 Å². The van der Waals surface area contributed by atoms with Crippen molar-refractivity contribution >= 4 is 23.7 Å². The van der Waals surface area contributed by atoms with Gasteiger partial charge in [-0.15, -0.1) is 0 Å². The van der Waals surface area contributed by atoms with Gasteiger partial charge in [0.1, 0.15) is 21.9 Å². The van der Waals surface area contributed by atoms with Crippen molar-refractivity contribution in [1.29, 1.82) is 5.26 Å². The molecule has 21 heavy (non-hydrogen) atoms. The molecular weight excluding hydrogens is 288 g/mol. The van der Waals surface area contributed by atoms with E-state index in [1.54, 1.807) is 12.1 Å². The number of nitriles is 1. The lowest BCUT2D eigenvalue weighted by Gasteiger charge is -2.11. The SMILES string of the molecule is CC(Sc1nc(N)nc(-c2ccccc2)c1C#N)C(=O)O. The third-order valence-corrected chi connectivity index (χ3v) is 3.76. The predicted octanol–water partition coefficient (Wildman–Crippen LogP) is 2.16. The van der Waals surface area contributed by atoms with Crippen LogP contribution < -0.4 is 5.73 Å². The number of aliphatic carboxylic acids is 1. The number of carbonyl (C=O) groups is 1. The maximum atomic E-state index is 11.0. The highest BCUT2D eigenvalue weighted by Gasteiger charge is 2.20. The minimum Gasteiger partial charge on any atom is -0.480 e. The van der Waals surface area contributed by atoms with Crippen LogP contribution in [0.4, 0.5) is 5.95 Å². The first-order valence-electron chi connectivity index (χ1n) is 6.05. The zero-order chi connectivity index (χ0) is 15.4. The summed E-state index contributed by atoms with van der Waals surface area (Å²) in [4.78, 5) is 19.1. The second kappa shape index (κ2) is 6.24. The quantitative estimate of drug-likeness (QED) is 0.657. The minimum absolute atomic E-state index is 0.00735. The Morgan fingerprint density at radius 3 is 2.62 bits per heavy atom. The van der Waals surface area contributed by atoms with Crippen LogP contribution in [0.3, 0.4) is 0 Å². The maximum Gasteiger partial charge on any atom is 0.316 e. The molecule has 0 bridgehead atoms. The predicted molar refractivity (Wildman–Crippen MR) is 79.6 cm³/mol. The van der Waals surface area contributed by atoms with E-state index in [9.17, 15) is 10.1 Å². The van der Waals surface area contributed by atoms with E-state index in [0.717, 1.165) is 17.3 Å². The Kier molecular flexibility index (Phi) is 4.40. The first-order valence-corrected chi connectivity index (χ1v) is 6.93. The van der Waals surface area contributed by atoms with Crippen molar-refractivity contribution in [2.24, 2.45) is 0 Å². The van der Waals surface area contributed by atoms with E-state index in [1.807, 2.05) is 24.3 Å². The van der Waals surface area contributed by atoms with Gasteiger partial charge in [0.05, 0.1) is 5.69 Å². The maximum absolute atomic E-state index is 11.0. The number of carboxylic acid groups (broad SMARTS) is 1. The summed E-state index contributed by atoms with van der Waals surface area (Å²) in [6, 6.07) is 11.1. The van der Waals surface area contributed by atoms with Crippen LogP contribution in [0, 0.1) is 11.3 Å². The smallest absolute Gasteiger partial charge is 0.316 e. The monoisotopic (exact) mass is 300 g/mol. The number of hydrogen-bond donors (Lipinski definition) is 2. The summed E-state index contributed by atoms with van der Waals surface area (Å²) in [5.41, 5.74) is 7.05. The summed E-state index contributed by atoms with van der Waals surface area (Å²) in [6.07, 6.45) is 0. The number of nitrogen functional groups attached to an aromatic ring is 1. The molecule has 1 heterocycles. The van der Waals surface area contributed by atoms with Crippen LogP contribution in [0.2, 0.25) is 0 Å². The second-order valence-electron chi connectivity index (χ2n) is 4.19. The van der Waals surface area contributed by atoms with Crippen molar-refractivity contribution in [1.82, 2.24) is 9.97 Å². The van der Waals surface area contributed by atoms with E-state index in [2.05, 4.69) is 9.97 Å². The van der Waals surface area contributed by atoms with Crippen molar-refractivity contribution in [3.63, 3.8) is 0 Å². The average molecular weight is 300 g/mol. The molecule has 106 valence electrons. The molecular formula is C14H12N4O2S. The van der Waals surface area contributed by atoms with E-state index < -0.39 is 11.2 Å². The zero-order valence-corrected chi connectivity index (χ0v) is 12.0. The number of thioether (sulfide) groups is 1. The van der Waals surface area contributed by atoms with Crippen molar-refractivity contribution in [3.05, 3.63) is 35.9 Å². The van der Waals surface area contributed by atoms with Crippen LogP contribution in [-0.4, -0.2) is 26.3 Å². The summed E-state index contributed by atoms with van der Waals surface area (Å²) < 4.78 is 0. The molecule has 0 radical (unpaired) electrons. The van der Waals surface area contributed by atoms with Gasteiger partial charge in [0.25, 0.3) is 0 Å². The van der Waals surface area contributed by atoms with Crippen LogP contribution >= 0.6 is 11.8 Å². The summed E-state index contributed by atoms with van der Waals surface area (Å²) in [7, 11) is 0. The number of nitrogens with two attached hydrogens (primary N) is 1. The summed E-state index contributed by atoms with van der Waals surface area (Å²) in [6.45, 7) is 1.52. The minimum atomic E-state index is -0.984. The number of aromatic nitrogens is 2. The van der Waals surface area contributed by atoms with Gasteiger partial charge in [-0.1, -0.05) is 42.1 Å². The van der Waals surface area contributed by atoms with E-state index >= 15 is 0 Å². The first-order chi connectivity index (χ1) is 10.0. The largest absolute Gasteiger partial charge is 0.480 e. The van der Waals surface area contributed by atoms with Gasteiger partial charge >= 0.3 is 5.97 Å². The lowest BCUT2D eigenvalue weighted by molar-refractivity contribution is -0.136. The molecule has 6 nitrogen and oxygen atoms in total. The Hall–Kier alpha value is -2.59. The molecule has 3 N–H and O–H groups in total. The van der Waals surface area contributed by atoms with Crippen LogP contribution in [0.5, 0.6) is 0 Å². The Labute approximate surface area is 125 Å².